The number of aryl methyl sites for hydroxylation is 1. The summed E-state index contributed by atoms with van der Waals surface area (Å²) in [4.78, 5) is 0. The number of aliphatic hydroxyl groups is 1. The zero-order valence-corrected chi connectivity index (χ0v) is 10.8. The summed E-state index contributed by atoms with van der Waals surface area (Å²) in [7, 11) is 1.65. The minimum atomic E-state index is -0.437. The smallest absolute Gasteiger partial charge is 0.119 e. The molecule has 1 aromatic carbocycles. The maximum atomic E-state index is 10.2. The Labute approximate surface area is 105 Å². The first-order valence-electron chi connectivity index (χ1n) is 5.54. The highest BCUT2D eigenvalue weighted by Crippen LogP contribution is 2.25. The molecule has 0 fully saturated rings. The second kappa shape index (κ2) is 5.34. The summed E-state index contributed by atoms with van der Waals surface area (Å²) < 4.78 is 5.17. The van der Waals surface area contributed by atoms with Crippen LogP contribution in [0.5, 0.6) is 5.75 Å². The molecule has 17 heavy (non-hydrogen) atoms. The Balaban J connectivity index is 2.13. The lowest BCUT2D eigenvalue weighted by Gasteiger charge is -2.11. The highest BCUT2D eigenvalue weighted by molar-refractivity contribution is 7.08. The van der Waals surface area contributed by atoms with Gasteiger partial charge in [-0.1, -0.05) is 12.1 Å². The Morgan fingerprint density at radius 3 is 2.82 bits per heavy atom. The summed E-state index contributed by atoms with van der Waals surface area (Å²) in [5, 5.41) is 14.2. The lowest BCUT2D eigenvalue weighted by atomic mass is 10.0. The SMILES string of the molecule is COc1cccc(CC(O)c2cscc2C)c1. The van der Waals surface area contributed by atoms with Gasteiger partial charge in [0.05, 0.1) is 13.2 Å². The van der Waals surface area contributed by atoms with E-state index in [4.69, 9.17) is 4.74 Å². The quantitative estimate of drug-likeness (QED) is 0.899. The van der Waals surface area contributed by atoms with Crippen molar-refractivity contribution in [2.75, 3.05) is 7.11 Å². The zero-order valence-electron chi connectivity index (χ0n) is 10.0. The predicted octanol–water partition coefficient (Wildman–Crippen LogP) is 3.34. The van der Waals surface area contributed by atoms with Crippen molar-refractivity contribution in [3.63, 3.8) is 0 Å². The molecule has 1 N–H and O–H groups in total. The maximum absolute atomic E-state index is 10.2. The molecule has 2 nitrogen and oxygen atoms in total. The lowest BCUT2D eigenvalue weighted by Crippen LogP contribution is -2.02. The van der Waals surface area contributed by atoms with E-state index in [0.717, 1.165) is 22.4 Å². The van der Waals surface area contributed by atoms with E-state index in [9.17, 15) is 5.11 Å². The Kier molecular flexibility index (Phi) is 3.82. The van der Waals surface area contributed by atoms with Crippen LogP contribution in [0.1, 0.15) is 22.8 Å². The van der Waals surface area contributed by atoms with Gasteiger partial charge >= 0.3 is 0 Å². The Bertz CT molecular complexity index is 490. The third-order valence-electron chi connectivity index (χ3n) is 2.82. The van der Waals surface area contributed by atoms with Crippen LogP contribution in [0.4, 0.5) is 0 Å². The molecule has 0 aliphatic carbocycles. The van der Waals surface area contributed by atoms with Crippen LogP contribution in [-0.4, -0.2) is 12.2 Å². The summed E-state index contributed by atoms with van der Waals surface area (Å²) in [5.41, 5.74) is 3.27. The van der Waals surface area contributed by atoms with Crippen LogP contribution >= 0.6 is 11.3 Å². The molecule has 0 bridgehead atoms. The van der Waals surface area contributed by atoms with Crippen molar-refractivity contribution < 1.29 is 9.84 Å². The molecule has 0 amide bonds. The Hall–Kier alpha value is -1.32. The number of aliphatic hydroxyl groups excluding tert-OH is 1. The van der Waals surface area contributed by atoms with Crippen LogP contribution in [0.25, 0.3) is 0 Å². The first-order chi connectivity index (χ1) is 8.20. The molecular weight excluding hydrogens is 232 g/mol. The van der Waals surface area contributed by atoms with E-state index in [1.165, 1.54) is 0 Å². The van der Waals surface area contributed by atoms with Gasteiger partial charge in [0, 0.05) is 6.42 Å². The van der Waals surface area contributed by atoms with Crippen molar-refractivity contribution >= 4 is 11.3 Å². The molecule has 0 radical (unpaired) electrons. The summed E-state index contributed by atoms with van der Waals surface area (Å²) >= 11 is 1.63. The standard InChI is InChI=1S/C14H16O2S/c1-10-8-17-9-13(10)14(15)7-11-4-3-5-12(6-11)16-2/h3-6,8-9,14-15H,7H2,1-2H3. The molecule has 90 valence electrons. The largest absolute Gasteiger partial charge is 0.497 e. The maximum Gasteiger partial charge on any atom is 0.119 e. The van der Waals surface area contributed by atoms with Gasteiger partial charge in [-0.05, 0) is 46.5 Å². The van der Waals surface area contributed by atoms with Gasteiger partial charge < -0.3 is 9.84 Å². The second-order valence-electron chi connectivity index (χ2n) is 4.08. The summed E-state index contributed by atoms with van der Waals surface area (Å²) in [6.45, 7) is 2.03. The lowest BCUT2D eigenvalue weighted by molar-refractivity contribution is 0.178. The molecule has 0 aliphatic rings. The summed E-state index contributed by atoms with van der Waals surface area (Å²) in [5.74, 6) is 0.830. The van der Waals surface area contributed by atoms with E-state index < -0.39 is 6.10 Å². The van der Waals surface area contributed by atoms with Crippen molar-refractivity contribution in [2.45, 2.75) is 19.4 Å². The molecule has 2 aromatic rings. The van der Waals surface area contributed by atoms with E-state index in [1.54, 1.807) is 18.4 Å². The minimum absolute atomic E-state index is 0.437. The van der Waals surface area contributed by atoms with Crippen LogP contribution in [-0.2, 0) is 6.42 Å². The number of ether oxygens (including phenoxy) is 1. The van der Waals surface area contributed by atoms with Crippen molar-refractivity contribution in [1.29, 1.82) is 0 Å². The molecule has 3 heteroatoms. The number of rotatable bonds is 4. The highest BCUT2D eigenvalue weighted by atomic mass is 32.1. The van der Waals surface area contributed by atoms with Gasteiger partial charge in [-0.3, -0.25) is 0 Å². The second-order valence-corrected chi connectivity index (χ2v) is 4.83. The van der Waals surface area contributed by atoms with E-state index in [2.05, 4.69) is 5.38 Å². The van der Waals surface area contributed by atoms with Gasteiger partial charge in [-0.2, -0.15) is 11.3 Å². The molecule has 2 rings (SSSR count). The van der Waals surface area contributed by atoms with Gasteiger partial charge in [0.1, 0.15) is 5.75 Å². The van der Waals surface area contributed by atoms with Crippen LogP contribution in [0.2, 0.25) is 0 Å². The van der Waals surface area contributed by atoms with Gasteiger partial charge in [-0.15, -0.1) is 0 Å². The first kappa shape index (κ1) is 12.1. The van der Waals surface area contributed by atoms with Crippen LogP contribution < -0.4 is 4.74 Å². The van der Waals surface area contributed by atoms with Crippen molar-refractivity contribution in [3.05, 3.63) is 51.7 Å². The number of benzene rings is 1. The Morgan fingerprint density at radius 2 is 2.18 bits per heavy atom. The topological polar surface area (TPSA) is 29.5 Å². The minimum Gasteiger partial charge on any atom is -0.497 e. The van der Waals surface area contributed by atoms with Crippen molar-refractivity contribution in [3.8, 4) is 5.75 Å². The molecule has 0 saturated heterocycles. The fourth-order valence-electron chi connectivity index (χ4n) is 1.84. The molecule has 0 spiro atoms. The van der Waals surface area contributed by atoms with Crippen molar-refractivity contribution in [1.82, 2.24) is 0 Å². The van der Waals surface area contributed by atoms with E-state index in [-0.39, 0.29) is 0 Å². The van der Waals surface area contributed by atoms with Gasteiger partial charge in [0.15, 0.2) is 0 Å². The zero-order chi connectivity index (χ0) is 12.3. The number of methoxy groups -OCH3 is 1. The molecule has 0 saturated carbocycles. The molecule has 1 heterocycles. The third kappa shape index (κ3) is 2.87. The third-order valence-corrected chi connectivity index (χ3v) is 3.70. The molecule has 1 aromatic heterocycles. The fraction of sp³-hybridized carbons (Fsp3) is 0.286. The summed E-state index contributed by atoms with van der Waals surface area (Å²) in [6.07, 6.45) is 0.183. The molecule has 1 atom stereocenters. The molecule has 1 unspecified atom stereocenters. The van der Waals surface area contributed by atoms with Gasteiger partial charge in [0.2, 0.25) is 0 Å². The van der Waals surface area contributed by atoms with E-state index in [0.29, 0.717) is 6.42 Å². The highest BCUT2D eigenvalue weighted by Gasteiger charge is 2.12. The fourth-order valence-corrected chi connectivity index (χ4v) is 2.74. The van der Waals surface area contributed by atoms with Crippen LogP contribution in [0.15, 0.2) is 35.0 Å². The average Bonchev–Trinajstić information content (AvgIpc) is 2.76. The normalized spacial score (nSPS) is 12.4. The predicted molar refractivity (Wildman–Crippen MR) is 70.7 cm³/mol. The number of hydrogen-bond acceptors (Lipinski definition) is 3. The van der Waals surface area contributed by atoms with Crippen molar-refractivity contribution in [2.24, 2.45) is 0 Å². The van der Waals surface area contributed by atoms with Crippen LogP contribution in [0, 0.1) is 6.92 Å². The monoisotopic (exact) mass is 248 g/mol. The van der Waals surface area contributed by atoms with Crippen LogP contribution in [0.3, 0.4) is 0 Å². The van der Waals surface area contributed by atoms with E-state index >= 15 is 0 Å². The van der Waals surface area contributed by atoms with E-state index in [1.807, 2.05) is 36.6 Å². The number of hydrogen-bond donors (Lipinski definition) is 1. The van der Waals surface area contributed by atoms with Gasteiger partial charge in [0.25, 0.3) is 0 Å². The average molecular weight is 248 g/mol. The Morgan fingerprint density at radius 1 is 1.35 bits per heavy atom. The van der Waals surface area contributed by atoms with Gasteiger partial charge in [-0.25, -0.2) is 0 Å². The first-order valence-corrected chi connectivity index (χ1v) is 6.48. The summed E-state index contributed by atoms with van der Waals surface area (Å²) in [6, 6.07) is 7.82. The number of thiophene rings is 1. The molecule has 0 aliphatic heterocycles. The molecular formula is C14H16O2S.